The van der Waals surface area contributed by atoms with Gasteiger partial charge in [0, 0.05) is 49.7 Å². The third-order valence-corrected chi connectivity index (χ3v) is 11.0. The van der Waals surface area contributed by atoms with Gasteiger partial charge in [0.05, 0.1) is 4.90 Å². The minimum Gasteiger partial charge on any atom is -0.744 e. The van der Waals surface area contributed by atoms with Gasteiger partial charge in [-0.2, -0.15) is 0 Å². The van der Waals surface area contributed by atoms with Crippen LogP contribution in [-0.4, -0.2) is 62.5 Å². The van der Waals surface area contributed by atoms with Gasteiger partial charge in [-0.1, -0.05) is 90.0 Å². The Balaban J connectivity index is 0.000000544. The molecule has 0 saturated carbocycles. The summed E-state index contributed by atoms with van der Waals surface area (Å²) in [5.41, 5.74) is 13.3. The van der Waals surface area contributed by atoms with Crippen molar-refractivity contribution in [2.75, 3.05) is 49.1 Å². The number of aryl methyl sites for hydroxylation is 2. The zero-order valence-corrected chi connectivity index (χ0v) is 35.3. The summed E-state index contributed by atoms with van der Waals surface area (Å²) in [7, 11) is -4.27. The fraction of sp³-hybridized carbons (Fsp3) is 0.286. The first-order valence-corrected chi connectivity index (χ1v) is 21.3. The third kappa shape index (κ3) is 11.9. The van der Waals surface area contributed by atoms with Gasteiger partial charge < -0.3 is 14.4 Å². The maximum absolute atomic E-state index is 10.4. The van der Waals surface area contributed by atoms with E-state index in [9.17, 15) is 13.0 Å². The molecule has 4 aromatic carbocycles. The Bertz CT molecular complexity index is 2140. The molecule has 56 heavy (non-hydrogen) atoms. The van der Waals surface area contributed by atoms with Gasteiger partial charge in [0.15, 0.2) is 5.71 Å². The molecule has 4 aromatic rings. The van der Waals surface area contributed by atoms with Crippen LogP contribution >= 0.6 is 0 Å². The summed E-state index contributed by atoms with van der Waals surface area (Å²) in [6.07, 6.45) is 15.8. The number of hydrogen-bond acceptors (Lipinski definition) is 5. The van der Waals surface area contributed by atoms with Gasteiger partial charge >= 0.3 is 0 Å². The highest BCUT2D eigenvalue weighted by Gasteiger charge is 2.13. The van der Waals surface area contributed by atoms with Crippen LogP contribution in [-0.2, 0) is 10.1 Å². The molecule has 6 nitrogen and oxygen atoms in total. The average molecular weight is 770 g/mol. The number of rotatable bonds is 14. The van der Waals surface area contributed by atoms with E-state index in [1.807, 2.05) is 6.92 Å². The zero-order valence-electron chi connectivity index (χ0n) is 34.5. The molecule has 0 fully saturated rings. The normalized spacial score (nSPS) is 12.8. The molecule has 0 amide bonds. The van der Waals surface area contributed by atoms with Crippen LogP contribution in [0, 0.1) is 13.8 Å². The van der Waals surface area contributed by atoms with E-state index in [0.29, 0.717) is 0 Å². The summed E-state index contributed by atoms with van der Waals surface area (Å²) < 4.78 is 33.6. The molecule has 0 radical (unpaired) electrons. The van der Waals surface area contributed by atoms with Gasteiger partial charge in [-0.3, -0.25) is 0 Å². The smallest absolute Gasteiger partial charge is 0.199 e. The summed E-state index contributed by atoms with van der Waals surface area (Å²) in [6, 6.07) is 32.7. The van der Waals surface area contributed by atoms with Crippen molar-refractivity contribution in [3.8, 4) is 0 Å². The SMILES string of the molecule is CCN(CC)c1ccc(C(/C=C/C=C(/c2ccc(C)cc2)c2ccc(N(CC)CC)cc2)=C2C=CC(=[N+](CC)CC)C=C2)cc1.Cc1ccc(S(=O)(=O)[O-])cc1. The van der Waals surface area contributed by atoms with Crippen molar-refractivity contribution in [3.05, 3.63) is 173 Å². The van der Waals surface area contributed by atoms with E-state index in [2.05, 4.69) is 178 Å². The molecule has 0 unspecified atom stereocenters. The van der Waals surface area contributed by atoms with Crippen LogP contribution in [0.25, 0.3) is 11.1 Å². The van der Waals surface area contributed by atoms with Gasteiger partial charge in [-0.05, 0) is 137 Å². The predicted molar refractivity (Wildman–Crippen MR) is 238 cm³/mol. The lowest BCUT2D eigenvalue weighted by Crippen LogP contribution is -2.21. The number of benzene rings is 4. The van der Waals surface area contributed by atoms with E-state index >= 15 is 0 Å². The van der Waals surface area contributed by atoms with E-state index in [4.69, 9.17) is 0 Å². The van der Waals surface area contributed by atoms with E-state index in [0.717, 1.165) is 44.8 Å². The molecule has 0 aliphatic heterocycles. The minimum absolute atomic E-state index is 0.178. The quantitative estimate of drug-likeness (QED) is 0.0726. The zero-order chi connectivity index (χ0) is 40.7. The van der Waals surface area contributed by atoms with Gasteiger partial charge in [-0.15, -0.1) is 0 Å². The largest absolute Gasteiger partial charge is 0.744 e. The van der Waals surface area contributed by atoms with Crippen molar-refractivity contribution in [2.45, 2.75) is 60.3 Å². The maximum Gasteiger partial charge on any atom is 0.199 e. The molecule has 1 aliphatic rings. The van der Waals surface area contributed by atoms with E-state index in [1.54, 1.807) is 12.1 Å². The molecule has 0 N–H and O–H groups in total. The Morgan fingerprint density at radius 3 is 1.41 bits per heavy atom. The third-order valence-electron chi connectivity index (χ3n) is 10.1. The van der Waals surface area contributed by atoms with E-state index in [1.165, 1.54) is 68.2 Å². The molecular weight excluding hydrogens is 711 g/mol. The molecular formula is C49H59N3O3S. The summed E-state index contributed by atoms with van der Waals surface area (Å²) in [5, 5.41) is 0. The standard InChI is InChI=1S/C42H52N3.C7H8O3S/c1-8-43(9-2)38-27-21-35(22-28-38)41(34-19-17-33(7)18-20-34)15-14-16-42(36-23-29-39(30-24-36)44(10-3)11-4)37-25-31-40(32-26-37)45(12-5)13-6;1-6-2-4-7(5-3-6)11(8,9)10/h14-32H,8-13H2,1-7H3;2-5H,1H3,(H,8,9,10)/q+1;/p-1. The summed E-state index contributed by atoms with van der Waals surface area (Å²) in [6.45, 7) is 23.2. The lowest BCUT2D eigenvalue weighted by molar-refractivity contribution is -0.519. The molecule has 7 heteroatoms. The summed E-state index contributed by atoms with van der Waals surface area (Å²) in [5.74, 6) is 0. The van der Waals surface area contributed by atoms with Gasteiger partial charge in [0.1, 0.15) is 23.2 Å². The maximum atomic E-state index is 10.4. The topological polar surface area (TPSA) is 66.7 Å². The predicted octanol–water partition coefficient (Wildman–Crippen LogP) is 10.6. The van der Waals surface area contributed by atoms with Gasteiger partial charge in [0.25, 0.3) is 0 Å². The first-order chi connectivity index (χ1) is 27.0. The molecule has 0 aromatic heterocycles. The Morgan fingerprint density at radius 1 is 0.589 bits per heavy atom. The highest BCUT2D eigenvalue weighted by atomic mass is 32.2. The van der Waals surface area contributed by atoms with Crippen molar-refractivity contribution in [2.24, 2.45) is 0 Å². The monoisotopic (exact) mass is 769 g/mol. The molecule has 0 atom stereocenters. The second-order valence-electron chi connectivity index (χ2n) is 13.6. The lowest BCUT2D eigenvalue weighted by atomic mass is 9.94. The van der Waals surface area contributed by atoms with Gasteiger partial charge in [-0.25, -0.2) is 13.0 Å². The van der Waals surface area contributed by atoms with Crippen LogP contribution in [0.5, 0.6) is 0 Å². The van der Waals surface area contributed by atoms with Crippen molar-refractivity contribution in [1.29, 1.82) is 0 Å². The first kappa shape index (κ1) is 43.5. The van der Waals surface area contributed by atoms with Crippen molar-refractivity contribution in [1.82, 2.24) is 0 Å². The first-order valence-electron chi connectivity index (χ1n) is 19.9. The van der Waals surface area contributed by atoms with Crippen LogP contribution in [0.4, 0.5) is 11.4 Å². The van der Waals surface area contributed by atoms with Crippen LogP contribution < -0.4 is 9.80 Å². The van der Waals surface area contributed by atoms with Crippen LogP contribution in [0.3, 0.4) is 0 Å². The number of anilines is 2. The summed E-state index contributed by atoms with van der Waals surface area (Å²) in [4.78, 5) is 4.60. The van der Waals surface area contributed by atoms with Crippen LogP contribution in [0.2, 0.25) is 0 Å². The van der Waals surface area contributed by atoms with Crippen LogP contribution in [0.1, 0.15) is 69.4 Å². The molecule has 0 bridgehead atoms. The molecule has 0 saturated heterocycles. The second kappa shape index (κ2) is 21.2. The highest BCUT2D eigenvalue weighted by Crippen LogP contribution is 2.29. The molecule has 0 spiro atoms. The Hall–Kier alpha value is -5.24. The number of nitrogens with zero attached hydrogens (tertiary/aromatic N) is 3. The minimum atomic E-state index is -4.27. The molecule has 0 heterocycles. The lowest BCUT2D eigenvalue weighted by Gasteiger charge is -2.21. The Morgan fingerprint density at radius 2 is 1.00 bits per heavy atom. The fourth-order valence-corrected chi connectivity index (χ4v) is 7.19. The second-order valence-corrected chi connectivity index (χ2v) is 15.0. The van der Waals surface area contributed by atoms with Gasteiger partial charge in [0.2, 0.25) is 0 Å². The molecule has 5 rings (SSSR count). The van der Waals surface area contributed by atoms with E-state index in [-0.39, 0.29) is 4.90 Å². The number of allylic oxidation sites excluding steroid dienone is 9. The Kier molecular flexibility index (Phi) is 16.4. The fourth-order valence-electron chi connectivity index (χ4n) is 6.72. The van der Waals surface area contributed by atoms with Crippen molar-refractivity contribution in [3.63, 3.8) is 0 Å². The van der Waals surface area contributed by atoms with Crippen LogP contribution in [0.15, 0.2) is 150 Å². The number of hydrogen-bond donors (Lipinski definition) is 0. The molecule has 1 aliphatic carbocycles. The summed E-state index contributed by atoms with van der Waals surface area (Å²) >= 11 is 0. The van der Waals surface area contributed by atoms with E-state index < -0.39 is 10.1 Å². The Labute approximate surface area is 337 Å². The van der Waals surface area contributed by atoms with Crippen molar-refractivity contribution >= 4 is 38.4 Å². The van der Waals surface area contributed by atoms with Crippen molar-refractivity contribution < 1.29 is 17.5 Å². The molecule has 294 valence electrons. The highest BCUT2D eigenvalue weighted by molar-refractivity contribution is 7.85. The average Bonchev–Trinajstić information content (AvgIpc) is 3.21.